The molecular formula is C29H29N5O6S. The molecule has 0 fully saturated rings. The lowest BCUT2D eigenvalue weighted by atomic mass is 10.1. The first-order chi connectivity index (χ1) is 20.0. The van der Waals surface area contributed by atoms with Crippen molar-refractivity contribution in [2.75, 3.05) is 26.5 Å². The zero-order valence-electron chi connectivity index (χ0n) is 22.6. The summed E-state index contributed by atoms with van der Waals surface area (Å²) in [6.07, 6.45) is 2.02. The highest BCUT2D eigenvalue weighted by molar-refractivity contribution is 8.14. The Morgan fingerprint density at radius 2 is 1.85 bits per heavy atom. The smallest absolute Gasteiger partial charge is 0.259 e. The molecule has 0 saturated carbocycles. The van der Waals surface area contributed by atoms with Gasteiger partial charge in [-0.1, -0.05) is 30.0 Å². The third-order valence-electron chi connectivity index (χ3n) is 6.48. The lowest BCUT2D eigenvalue weighted by Gasteiger charge is -2.25. The fourth-order valence-electron chi connectivity index (χ4n) is 4.44. The fraction of sp³-hybridized carbons (Fsp3) is 0.276. The van der Waals surface area contributed by atoms with Crippen LogP contribution in [0.1, 0.15) is 23.3 Å². The number of benzene rings is 2. The fourth-order valence-corrected chi connectivity index (χ4v) is 5.27. The molecule has 212 valence electrons. The maximum atomic E-state index is 13.4. The van der Waals surface area contributed by atoms with Crippen LogP contribution in [0.4, 0.5) is 5.69 Å². The molecule has 2 aliphatic heterocycles. The van der Waals surface area contributed by atoms with Gasteiger partial charge < -0.3 is 24.5 Å². The minimum Gasteiger partial charge on any atom is -0.493 e. The van der Waals surface area contributed by atoms with E-state index < -0.39 is 6.04 Å². The highest BCUT2D eigenvalue weighted by Crippen LogP contribution is 2.34. The molecule has 0 saturated heterocycles. The molecule has 2 aliphatic rings. The molecule has 0 bridgehead atoms. The van der Waals surface area contributed by atoms with Gasteiger partial charge in [0.05, 0.1) is 44.9 Å². The summed E-state index contributed by atoms with van der Waals surface area (Å²) in [7, 11) is 3.16. The molecule has 3 aromatic rings. The number of furan rings is 1. The van der Waals surface area contributed by atoms with E-state index in [1.54, 1.807) is 26.4 Å². The number of carbonyl (C=O) groups excluding carboxylic acids is 3. The Morgan fingerprint density at radius 1 is 1.02 bits per heavy atom. The lowest BCUT2D eigenvalue weighted by Crippen LogP contribution is -2.42. The van der Waals surface area contributed by atoms with Crippen LogP contribution in [0.5, 0.6) is 11.5 Å². The average Bonchev–Trinajstić information content (AvgIpc) is 3.63. The first-order valence-electron chi connectivity index (χ1n) is 13.0. The second kappa shape index (κ2) is 12.7. The molecule has 41 heavy (non-hydrogen) atoms. The summed E-state index contributed by atoms with van der Waals surface area (Å²) < 4.78 is 15.8. The number of para-hydroxylation sites is 1. The minimum atomic E-state index is -0.895. The molecule has 0 radical (unpaired) electrons. The topological polar surface area (TPSA) is 135 Å². The molecule has 0 spiro atoms. The molecule has 3 amide bonds. The van der Waals surface area contributed by atoms with Crippen LogP contribution < -0.4 is 20.1 Å². The number of nitrogens with zero attached hydrogens (tertiary/aromatic N) is 3. The highest BCUT2D eigenvalue weighted by atomic mass is 32.2. The van der Waals surface area contributed by atoms with Gasteiger partial charge in [-0.3, -0.25) is 19.4 Å². The van der Waals surface area contributed by atoms with Crippen molar-refractivity contribution in [2.45, 2.75) is 25.4 Å². The van der Waals surface area contributed by atoms with Crippen molar-refractivity contribution >= 4 is 46.2 Å². The quantitative estimate of drug-likeness (QED) is 0.359. The van der Waals surface area contributed by atoms with E-state index >= 15 is 0 Å². The number of hydrogen-bond acceptors (Lipinski definition) is 9. The first kappa shape index (κ1) is 28.0. The van der Waals surface area contributed by atoms with Crippen LogP contribution >= 0.6 is 11.8 Å². The lowest BCUT2D eigenvalue weighted by molar-refractivity contribution is -0.128. The van der Waals surface area contributed by atoms with Crippen molar-refractivity contribution in [2.24, 2.45) is 9.98 Å². The maximum absolute atomic E-state index is 13.4. The van der Waals surface area contributed by atoms with Gasteiger partial charge >= 0.3 is 0 Å². The first-order valence-corrected chi connectivity index (χ1v) is 13.9. The molecule has 2 N–H and O–H groups in total. The average molecular weight is 576 g/mol. The van der Waals surface area contributed by atoms with Crippen LogP contribution in [0.3, 0.4) is 0 Å². The summed E-state index contributed by atoms with van der Waals surface area (Å²) in [6.45, 7) is 0.647. The van der Waals surface area contributed by atoms with Crippen molar-refractivity contribution < 1.29 is 28.3 Å². The Hall–Kier alpha value is -4.58. The van der Waals surface area contributed by atoms with E-state index in [2.05, 4.69) is 20.6 Å². The monoisotopic (exact) mass is 575 g/mol. The van der Waals surface area contributed by atoms with E-state index in [9.17, 15) is 14.4 Å². The second-order valence-electron chi connectivity index (χ2n) is 9.19. The van der Waals surface area contributed by atoms with Gasteiger partial charge in [-0.25, -0.2) is 9.89 Å². The van der Waals surface area contributed by atoms with Crippen molar-refractivity contribution in [3.05, 3.63) is 77.7 Å². The predicted molar refractivity (Wildman–Crippen MR) is 155 cm³/mol. The number of amides is 3. The van der Waals surface area contributed by atoms with E-state index in [1.165, 1.54) is 11.2 Å². The summed E-state index contributed by atoms with van der Waals surface area (Å²) in [5.41, 5.74) is 2.34. The predicted octanol–water partition coefficient (Wildman–Crippen LogP) is 3.05. The van der Waals surface area contributed by atoms with Gasteiger partial charge in [0, 0.05) is 12.1 Å². The van der Waals surface area contributed by atoms with Crippen molar-refractivity contribution in [1.29, 1.82) is 0 Å². The van der Waals surface area contributed by atoms with Gasteiger partial charge in [0.25, 0.3) is 5.91 Å². The summed E-state index contributed by atoms with van der Waals surface area (Å²) >= 11 is 1.15. The third kappa shape index (κ3) is 6.43. The zero-order valence-corrected chi connectivity index (χ0v) is 23.4. The van der Waals surface area contributed by atoms with Crippen LogP contribution in [0.15, 0.2) is 75.3 Å². The normalized spacial score (nSPS) is 15.4. The number of aliphatic imine (C=N–C) groups is 2. The van der Waals surface area contributed by atoms with E-state index in [-0.39, 0.29) is 36.4 Å². The molecular weight excluding hydrogens is 546 g/mol. The number of amidine groups is 2. The molecule has 11 nitrogen and oxygen atoms in total. The second-order valence-corrected chi connectivity index (χ2v) is 10.1. The Balaban J connectivity index is 1.19. The van der Waals surface area contributed by atoms with E-state index in [4.69, 9.17) is 13.9 Å². The number of ether oxygens (including phenoxy) is 2. The molecule has 1 aromatic heterocycles. The van der Waals surface area contributed by atoms with Gasteiger partial charge in [0.1, 0.15) is 17.6 Å². The Kier molecular flexibility index (Phi) is 8.68. The Labute approximate surface area is 241 Å². The number of fused-ring (bicyclic) bond motifs is 3. The van der Waals surface area contributed by atoms with E-state index in [0.717, 1.165) is 17.3 Å². The summed E-state index contributed by atoms with van der Waals surface area (Å²) in [5, 5.41) is 6.01. The molecule has 1 atom stereocenters. The molecule has 1 unspecified atom stereocenters. The van der Waals surface area contributed by atoms with Gasteiger partial charge in [-0.15, -0.1) is 0 Å². The molecule has 2 aromatic carbocycles. The van der Waals surface area contributed by atoms with Crippen LogP contribution in [0.25, 0.3) is 0 Å². The van der Waals surface area contributed by atoms with Gasteiger partial charge in [-0.2, -0.15) is 0 Å². The minimum absolute atomic E-state index is 0.0539. The molecule has 12 heteroatoms. The van der Waals surface area contributed by atoms with Gasteiger partial charge in [0.15, 0.2) is 16.7 Å². The highest BCUT2D eigenvalue weighted by Gasteiger charge is 2.42. The number of carbonyl (C=O) groups is 3. The van der Waals surface area contributed by atoms with Crippen molar-refractivity contribution in [3.63, 3.8) is 0 Å². The number of methoxy groups -OCH3 is 2. The summed E-state index contributed by atoms with van der Waals surface area (Å²) in [6, 6.07) is 15.6. The third-order valence-corrected chi connectivity index (χ3v) is 7.42. The largest absolute Gasteiger partial charge is 0.493 e. The number of thioether (sulfide) groups is 1. The number of nitrogens with one attached hydrogen (secondary N) is 2. The number of rotatable bonds is 11. The van der Waals surface area contributed by atoms with Crippen LogP contribution in [0.2, 0.25) is 0 Å². The standard InChI is InChI=1S/C29H29N5O6S/c1-38-23-10-9-18(14-24(23)39-2)11-12-30-26(36)17-41-29-33-21-8-4-3-7-20(21)27-32-22(28(37)34(27)29)15-25(35)31-16-19-6-5-13-40-19/h3-10,13-14,22H,11-12,15-17H2,1-2H3,(H,30,36)(H,31,35). The van der Waals surface area contributed by atoms with E-state index in [0.29, 0.717) is 52.5 Å². The van der Waals surface area contributed by atoms with Gasteiger partial charge in [-0.05, 0) is 48.4 Å². The molecule has 3 heterocycles. The Bertz CT molecular complexity index is 1500. The van der Waals surface area contributed by atoms with Crippen LogP contribution in [-0.4, -0.2) is 66.2 Å². The van der Waals surface area contributed by atoms with Crippen molar-refractivity contribution in [1.82, 2.24) is 15.5 Å². The van der Waals surface area contributed by atoms with Crippen LogP contribution in [-0.2, 0) is 27.3 Å². The number of hydrogen-bond donors (Lipinski definition) is 2. The maximum Gasteiger partial charge on any atom is 0.259 e. The summed E-state index contributed by atoms with van der Waals surface area (Å²) in [5.74, 6) is 1.49. The van der Waals surface area contributed by atoms with E-state index in [1.807, 2.05) is 42.5 Å². The van der Waals surface area contributed by atoms with Crippen LogP contribution in [0, 0.1) is 0 Å². The van der Waals surface area contributed by atoms with Gasteiger partial charge in [0.2, 0.25) is 11.8 Å². The molecule has 5 rings (SSSR count). The SMILES string of the molecule is COc1ccc(CCNC(=O)CSC2=Nc3ccccc3C3=NC(CC(=O)NCc4ccco4)C(=O)N23)cc1OC. The van der Waals surface area contributed by atoms with Crippen molar-refractivity contribution in [3.8, 4) is 11.5 Å². The Morgan fingerprint density at radius 3 is 2.63 bits per heavy atom. The molecule has 0 aliphatic carbocycles. The zero-order chi connectivity index (χ0) is 28.8. The summed E-state index contributed by atoms with van der Waals surface area (Å²) in [4.78, 5) is 49.3.